The number of aromatic nitrogens is 2. The molecule has 0 N–H and O–H groups in total. The van der Waals surface area contributed by atoms with Gasteiger partial charge in [0.1, 0.15) is 0 Å². The van der Waals surface area contributed by atoms with Crippen LogP contribution in [0.1, 0.15) is 25.3 Å². The molecule has 0 aromatic carbocycles. The minimum absolute atomic E-state index is 0.0858. The van der Waals surface area contributed by atoms with E-state index >= 15 is 0 Å². The topological polar surface area (TPSA) is 71.7 Å². The standard InChI is InChI=1S/C13H22N4O3S/c1-4-10(16(2)3)12-14-15-13(20-12)21-9-11(18)17-5-7-19-8-6-17/h10H,4-9H2,1-3H3/t10-/m0/s1. The highest BCUT2D eigenvalue weighted by Crippen LogP contribution is 2.24. The molecule has 2 heterocycles. The summed E-state index contributed by atoms with van der Waals surface area (Å²) in [4.78, 5) is 15.9. The van der Waals surface area contributed by atoms with Crippen LogP contribution >= 0.6 is 11.8 Å². The van der Waals surface area contributed by atoms with Crippen LogP contribution in [0.2, 0.25) is 0 Å². The van der Waals surface area contributed by atoms with E-state index in [1.807, 2.05) is 23.9 Å². The maximum atomic E-state index is 12.0. The molecule has 2 rings (SSSR count). The lowest BCUT2D eigenvalue weighted by molar-refractivity contribution is -0.132. The van der Waals surface area contributed by atoms with Crippen molar-refractivity contribution >= 4 is 17.7 Å². The Hall–Kier alpha value is -1.12. The Morgan fingerprint density at radius 3 is 2.71 bits per heavy atom. The van der Waals surface area contributed by atoms with Gasteiger partial charge in [0, 0.05) is 13.1 Å². The molecule has 0 aliphatic carbocycles. The summed E-state index contributed by atoms with van der Waals surface area (Å²) in [7, 11) is 3.96. The van der Waals surface area contributed by atoms with Gasteiger partial charge in [0.05, 0.1) is 25.0 Å². The number of hydrogen-bond acceptors (Lipinski definition) is 7. The van der Waals surface area contributed by atoms with Gasteiger partial charge >= 0.3 is 0 Å². The summed E-state index contributed by atoms with van der Waals surface area (Å²) in [6.45, 7) is 4.62. The zero-order valence-corrected chi connectivity index (χ0v) is 13.6. The molecular formula is C13H22N4O3S. The Kier molecular flexibility index (Phi) is 6.01. The Morgan fingerprint density at radius 2 is 2.10 bits per heavy atom. The quantitative estimate of drug-likeness (QED) is 0.726. The molecule has 1 amide bonds. The molecule has 1 aliphatic heterocycles. The van der Waals surface area contributed by atoms with Crippen LogP contribution in [-0.4, -0.2) is 72.1 Å². The van der Waals surface area contributed by atoms with E-state index in [0.717, 1.165) is 6.42 Å². The van der Waals surface area contributed by atoms with Crippen molar-refractivity contribution in [3.8, 4) is 0 Å². The summed E-state index contributed by atoms with van der Waals surface area (Å²) in [5, 5.41) is 8.53. The molecule has 1 fully saturated rings. The number of hydrogen-bond donors (Lipinski definition) is 0. The summed E-state index contributed by atoms with van der Waals surface area (Å²) in [6.07, 6.45) is 0.895. The Bertz CT molecular complexity index is 460. The van der Waals surface area contributed by atoms with E-state index in [4.69, 9.17) is 9.15 Å². The van der Waals surface area contributed by atoms with Crippen LogP contribution in [0.5, 0.6) is 0 Å². The lowest BCUT2D eigenvalue weighted by Crippen LogP contribution is -2.41. The van der Waals surface area contributed by atoms with E-state index < -0.39 is 0 Å². The highest BCUT2D eigenvalue weighted by atomic mass is 32.2. The SMILES string of the molecule is CC[C@@H](c1nnc(SCC(=O)N2CCOCC2)o1)N(C)C. The van der Waals surface area contributed by atoms with Crippen molar-refractivity contribution < 1.29 is 13.9 Å². The summed E-state index contributed by atoms with van der Waals surface area (Å²) in [5.41, 5.74) is 0. The van der Waals surface area contributed by atoms with Gasteiger partial charge in [-0.05, 0) is 20.5 Å². The molecule has 0 spiro atoms. The van der Waals surface area contributed by atoms with Crippen LogP contribution < -0.4 is 0 Å². The number of thioether (sulfide) groups is 1. The Morgan fingerprint density at radius 1 is 1.38 bits per heavy atom. The zero-order valence-electron chi connectivity index (χ0n) is 12.7. The molecule has 1 aromatic heterocycles. The lowest BCUT2D eigenvalue weighted by atomic mass is 10.2. The van der Waals surface area contributed by atoms with Crippen LogP contribution in [0.25, 0.3) is 0 Å². The molecule has 1 atom stereocenters. The third kappa shape index (κ3) is 4.42. The van der Waals surface area contributed by atoms with Gasteiger partial charge in [0.15, 0.2) is 0 Å². The molecule has 0 bridgehead atoms. The largest absolute Gasteiger partial charge is 0.414 e. The molecule has 8 heteroatoms. The molecule has 7 nitrogen and oxygen atoms in total. The third-order valence-electron chi connectivity index (χ3n) is 3.40. The fraction of sp³-hybridized carbons (Fsp3) is 0.769. The second-order valence-corrected chi connectivity index (χ2v) is 6.00. The van der Waals surface area contributed by atoms with E-state index in [-0.39, 0.29) is 11.9 Å². The van der Waals surface area contributed by atoms with Crippen molar-refractivity contribution in [3.63, 3.8) is 0 Å². The number of carbonyl (C=O) groups excluding carboxylic acids is 1. The number of morpholine rings is 1. The second-order valence-electron chi connectivity index (χ2n) is 5.08. The second kappa shape index (κ2) is 7.77. The highest BCUT2D eigenvalue weighted by molar-refractivity contribution is 7.99. The fourth-order valence-electron chi connectivity index (χ4n) is 2.20. The van der Waals surface area contributed by atoms with Gasteiger partial charge in [0.2, 0.25) is 11.8 Å². The Labute approximate surface area is 129 Å². The predicted molar refractivity (Wildman–Crippen MR) is 79.1 cm³/mol. The predicted octanol–water partition coefficient (Wildman–Crippen LogP) is 1.03. The van der Waals surface area contributed by atoms with Gasteiger partial charge in [-0.2, -0.15) is 0 Å². The summed E-state index contributed by atoms with van der Waals surface area (Å²) in [6, 6.07) is 0.113. The van der Waals surface area contributed by atoms with Crippen LogP contribution in [0, 0.1) is 0 Å². The monoisotopic (exact) mass is 314 g/mol. The van der Waals surface area contributed by atoms with Gasteiger partial charge in [-0.15, -0.1) is 10.2 Å². The first-order valence-electron chi connectivity index (χ1n) is 7.10. The van der Waals surface area contributed by atoms with Crippen molar-refractivity contribution in [1.82, 2.24) is 20.0 Å². The van der Waals surface area contributed by atoms with Crippen LogP contribution in [0.3, 0.4) is 0 Å². The average Bonchev–Trinajstić information content (AvgIpc) is 2.94. The van der Waals surface area contributed by atoms with Crippen LogP contribution in [-0.2, 0) is 9.53 Å². The molecule has 0 saturated carbocycles. The molecule has 118 valence electrons. The minimum Gasteiger partial charge on any atom is -0.414 e. The first-order chi connectivity index (χ1) is 10.1. The van der Waals surface area contributed by atoms with E-state index in [9.17, 15) is 4.79 Å². The average molecular weight is 314 g/mol. The minimum atomic E-state index is 0.0858. The highest BCUT2D eigenvalue weighted by Gasteiger charge is 2.21. The molecule has 0 unspecified atom stereocenters. The summed E-state index contributed by atoms with van der Waals surface area (Å²) in [5.74, 6) is 1.01. The number of nitrogens with zero attached hydrogens (tertiary/aromatic N) is 4. The van der Waals surface area contributed by atoms with E-state index in [0.29, 0.717) is 43.2 Å². The number of amides is 1. The smallest absolute Gasteiger partial charge is 0.277 e. The van der Waals surface area contributed by atoms with Crippen molar-refractivity contribution in [2.75, 3.05) is 46.2 Å². The molecular weight excluding hydrogens is 292 g/mol. The number of carbonyl (C=O) groups is 1. The van der Waals surface area contributed by atoms with E-state index in [1.165, 1.54) is 11.8 Å². The lowest BCUT2D eigenvalue weighted by Gasteiger charge is -2.26. The maximum absolute atomic E-state index is 12.0. The molecule has 0 radical (unpaired) electrons. The molecule has 1 aliphatic rings. The van der Waals surface area contributed by atoms with Gasteiger partial charge < -0.3 is 14.1 Å². The summed E-state index contributed by atoms with van der Waals surface area (Å²) >= 11 is 1.29. The van der Waals surface area contributed by atoms with Crippen molar-refractivity contribution in [3.05, 3.63) is 5.89 Å². The maximum Gasteiger partial charge on any atom is 0.277 e. The van der Waals surface area contributed by atoms with E-state index in [1.54, 1.807) is 0 Å². The van der Waals surface area contributed by atoms with Gasteiger partial charge in [0.25, 0.3) is 5.22 Å². The number of ether oxygens (including phenoxy) is 1. The fourth-order valence-corrected chi connectivity index (χ4v) is 2.87. The van der Waals surface area contributed by atoms with Crippen molar-refractivity contribution in [2.45, 2.75) is 24.6 Å². The Balaban J connectivity index is 1.86. The van der Waals surface area contributed by atoms with Crippen molar-refractivity contribution in [1.29, 1.82) is 0 Å². The van der Waals surface area contributed by atoms with Crippen molar-refractivity contribution in [2.24, 2.45) is 0 Å². The van der Waals surface area contributed by atoms with Gasteiger partial charge in [-0.25, -0.2) is 0 Å². The third-order valence-corrected chi connectivity index (χ3v) is 4.20. The normalized spacial score (nSPS) is 17.2. The van der Waals surface area contributed by atoms with Crippen LogP contribution in [0.4, 0.5) is 0 Å². The van der Waals surface area contributed by atoms with Gasteiger partial charge in [-0.1, -0.05) is 18.7 Å². The van der Waals surface area contributed by atoms with Crippen LogP contribution in [0.15, 0.2) is 9.64 Å². The first kappa shape index (κ1) is 16.3. The zero-order chi connectivity index (χ0) is 15.2. The molecule has 1 aromatic rings. The molecule has 1 saturated heterocycles. The summed E-state index contributed by atoms with van der Waals surface area (Å²) < 4.78 is 10.9. The van der Waals surface area contributed by atoms with Gasteiger partial charge in [-0.3, -0.25) is 9.69 Å². The molecule has 21 heavy (non-hydrogen) atoms. The number of rotatable bonds is 6. The van der Waals surface area contributed by atoms with E-state index in [2.05, 4.69) is 17.1 Å². The first-order valence-corrected chi connectivity index (χ1v) is 8.08.